The number of rotatable bonds is 3. The van der Waals surface area contributed by atoms with Crippen LogP contribution in [0.3, 0.4) is 0 Å². The molecule has 25 heavy (non-hydrogen) atoms. The lowest BCUT2D eigenvalue weighted by atomic mass is 9.80. The highest BCUT2D eigenvalue weighted by Crippen LogP contribution is 2.38. The van der Waals surface area contributed by atoms with Gasteiger partial charge in [0.2, 0.25) is 0 Å². The number of hydrogen-bond donors (Lipinski definition) is 0. The minimum absolute atomic E-state index is 0.141. The van der Waals surface area contributed by atoms with Crippen LogP contribution in [0.4, 0.5) is 5.69 Å². The van der Waals surface area contributed by atoms with Crippen LogP contribution >= 0.6 is 11.6 Å². The summed E-state index contributed by atoms with van der Waals surface area (Å²) in [6.07, 6.45) is 2.97. The summed E-state index contributed by atoms with van der Waals surface area (Å²) in [4.78, 5) is 18.7. The third-order valence-corrected chi connectivity index (χ3v) is 5.11. The van der Waals surface area contributed by atoms with Gasteiger partial charge in [-0.15, -0.1) is 0 Å². The van der Waals surface area contributed by atoms with Crippen molar-refractivity contribution in [3.05, 3.63) is 35.0 Å². The molecule has 1 fully saturated rings. The van der Waals surface area contributed by atoms with Crippen LogP contribution in [0, 0.1) is 16.7 Å². The smallest absolute Gasteiger partial charge is 0.311 e. The van der Waals surface area contributed by atoms with Gasteiger partial charge in [-0.05, 0) is 44.9 Å². The maximum absolute atomic E-state index is 12.2. The van der Waals surface area contributed by atoms with Crippen molar-refractivity contribution in [1.82, 2.24) is 4.98 Å². The predicted molar refractivity (Wildman–Crippen MR) is 97.7 cm³/mol. The monoisotopic (exact) mass is 357 g/mol. The lowest BCUT2D eigenvalue weighted by molar-refractivity contribution is -0.155. The molecule has 1 aliphatic heterocycles. The first-order chi connectivity index (χ1) is 12.0. The lowest BCUT2D eigenvalue weighted by Crippen LogP contribution is -2.43. The number of carbonyl (C=O) groups is 1. The summed E-state index contributed by atoms with van der Waals surface area (Å²) in [5, 5.41) is 11.0. The molecule has 1 aromatic heterocycles. The Morgan fingerprint density at radius 2 is 2.16 bits per heavy atom. The predicted octanol–water partition coefficient (Wildman–Crippen LogP) is 3.93. The van der Waals surface area contributed by atoms with E-state index >= 15 is 0 Å². The summed E-state index contributed by atoms with van der Waals surface area (Å²) >= 11 is 6.16. The van der Waals surface area contributed by atoms with E-state index in [4.69, 9.17) is 16.3 Å². The molecule has 5 nitrogen and oxygen atoms in total. The van der Waals surface area contributed by atoms with Crippen molar-refractivity contribution in [2.75, 3.05) is 24.6 Å². The van der Waals surface area contributed by atoms with E-state index in [1.807, 2.05) is 26.0 Å². The van der Waals surface area contributed by atoms with Crippen molar-refractivity contribution in [1.29, 1.82) is 5.26 Å². The number of aromatic nitrogens is 1. The van der Waals surface area contributed by atoms with Gasteiger partial charge in [0.1, 0.15) is 6.07 Å². The summed E-state index contributed by atoms with van der Waals surface area (Å²) in [6.45, 7) is 5.52. The molecule has 1 aromatic carbocycles. The number of anilines is 1. The van der Waals surface area contributed by atoms with Crippen molar-refractivity contribution in [2.24, 2.45) is 5.41 Å². The van der Waals surface area contributed by atoms with Gasteiger partial charge in [-0.3, -0.25) is 9.78 Å². The molecule has 0 saturated carbocycles. The molecule has 0 amide bonds. The molecule has 1 saturated heterocycles. The molecular weight excluding hydrogens is 338 g/mol. The molecule has 2 heterocycles. The van der Waals surface area contributed by atoms with Crippen LogP contribution in [0.1, 0.15) is 32.3 Å². The number of esters is 1. The van der Waals surface area contributed by atoms with Gasteiger partial charge in [-0.25, -0.2) is 0 Å². The summed E-state index contributed by atoms with van der Waals surface area (Å²) in [5.74, 6) is -0.141. The van der Waals surface area contributed by atoms with Crippen molar-refractivity contribution in [3.8, 4) is 6.07 Å². The van der Waals surface area contributed by atoms with Crippen molar-refractivity contribution < 1.29 is 9.53 Å². The highest BCUT2D eigenvalue weighted by molar-refractivity contribution is 6.31. The molecular formula is C19H20ClN3O2. The summed E-state index contributed by atoms with van der Waals surface area (Å²) in [7, 11) is 0. The van der Waals surface area contributed by atoms with Gasteiger partial charge in [0.05, 0.1) is 28.8 Å². The highest BCUT2D eigenvalue weighted by Gasteiger charge is 2.38. The lowest BCUT2D eigenvalue weighted by Gasteiger charge is -2.39. The second-order valence-electron chi connectivity index (χ2n) is 6.56. The molecule has 0 unspecified atom stereocenters. The fraction of sp³-hybridized carbons (Fsp3) is 0.421. The Hall–Kier alpha value is -2.32. The van der Waals surface area contributed by atoms with Gasteiger partial charge in [-0.2, -0.15) is 5.26 Å². The fourth-order valence-corrected chi connectivity index (χ4v) is 3.48. The van der Waals surface area contributed by atoms with E-state index in [-0.39, 0.29) is 5.97 Å². The summed E-state index contributed by atoms with van der Waals surface area (Å²) < 4.78 is 5.22. The van der Waals surface area contributed by atoms with Crippen LogP contribution in [0.25, 0.3) is 10.9 Å². The molecule has 0 N–H and O–H groups in total. The molecule has 6 heteroatoms. The molecule has 0 spiro atoms. The quantitative estimate of drug-likeness (QED) is 0.778. The SMILES string of the molecule is CCOC(=O)C1(C)CCN(c2c(C#N)cnc3ccc(Cl)cc23)CC1. The van der Waals surface area contributed by atoms with Gasteiger partial charge in [0, 0.05) is 29.7 Å². The zero-order chi connectivity index (χ0) is 18.0. The van der Waals surface area contributed by atoms with Crippen molar-refractivity contribution in [2.45, 2.75) is 26.7 Å². The Balaban J connectivity index is 1.95. The van der Waals surface area contributed by atoms with E-state index in [1.54, 1.807) is 12.3 Å². The van der Waals surface area contributed by atoms with Crippen molar-refractivity contribution in [3.63, 3.8) is 0 Å². The number of carbonyl (C=O) groups excluding carboxylic acids is 1. The average Bonchev–Trinajstić information content (AvgIpc) is 2.61. The number of nitrogens with zero attached hydrogens (tertiary/aromatic N) is 3. The standard InChI is InChI=1S/C19H20ClN3O2/c1-3-25-18(24)19(2)6-8-23(9-7-19)17-13(11-21)12-22-16-5-4-14(20)10-15(16)17/h4-5,10,12H,3,6-9H2,1-2H3. The summed E-state index contributed by atoms with van der Waals surface area (Å²) in [6, 6.07) is 7.72. The van der Waals surface area contributed by atoms with Crippen LogP contribution in [-0.2, 0) is 9.53 Å². The third kappa shape index (κ3) is 3.27. The molecule has 3 rings (SSSR count). The van der Waals surface area contributed by atoms with Crippen LogP contribution in [-0.4, -0.2) is 30.6 Å². The van der Waals surface area contributed by atoms with Gasteiger partial charge in [0.15, 0.2) is 0 Å². The maximum Gasteiger partial charge on any atom is 0.311 e. The number of nitriles is 1. The molecule has 2 aromatic rings. The van der Waals surface area contributed by atoms with Gasteiger partial charge >= 0.3 is 5.97 Å². The largest absolute Gasteiger partial charge is 0.466 e. The number of hydrogen-bond acceptors (Lipinski definition) is 5. The fourth-order valence-electron chi connectivity index (χ4n) is 3.31. The molecule has 0 aliphatic carbocycles. The topological polar surface area (TPSA) is 66.2 Å². The van der Waals surface area contributed by atoms with Crippen LogP contribution in [0.2, 0.25) is 5.02 Å². The van der Waals surface area contributed by atoms with Crippen LogP contribution in [0.15, 0.2) is 24.4 Å². The third-order valence-electron chi connectivity index (χ3n) is 4.87. The van der Waals surface area contributed by atoms with E-state index in [0.29, 0.717) is 43.1 Å². The van der Waals surface area contributed by atoms with E-state index < -0.39 is 5.41 Å². The Kier molecular flexibility index (Phi) is 4.82. The summed E-state index contributed by atoms with van der Waals surface area (Å²) in [5.41, 5.74) is 1.70. The zero-order valence-corrected chi connectivity index (χ0v) is 15.1. The molecule has 0 bridgehead atoms. The van der Waals surface area contributed by atoms with Gasteiger partial charge < -0.3 is 9.64 Å². The molecule has 0 atom stereocenters. The first kappa shape index (κ1) is 17.5. The Bertz CT molecular complexity index is 852. The molecule has 0 radical (unpaired) electrons. The first-order valence-corrected chi connectivity index (χ1v) is 8.77. The number of fused-ring (bicyclic) bond motifs is 1. The Labute approximate surface area is 152 Å². The average molecular weight is 358 g/mol. The molecule has 130 valence electrons. The van der Waals surface area contributed by atoms with E-state index in [1.165, 1.54) is 0 Å². The maximum atomic E-state index is 12.2. The minimum Gasteiger partial charge on any atom is -0.466 e. The molecule has 1 aliphatic rings. The Morgan fingerprint density at radius 1 is 1.44 bits per heavy atom. The number of pyridine rings is 1. The van der Waals surface area contributed by atoms with Crippen LogP contribution in [0.5, 0.6) is 0 Å². The van der Waals surface area contributed by atoms with E-state index in [2.05, 4.69) is 16.0 Å². The number of ether oxygens (including phenoxy) is 1. The van der Waals surface area contributed by atoms with Gasteiger partial charge in [0.25, 0.3) is 0 Å². The number of piperidine rings is 1. The minimum atomic E-state index is -0.472. The number of benzene rings is 1. The highest BCUT2D eigenvalue weighted by atomic mass is 35.5. The Morgan fingerprint density at radius 3 is 2.80 bits per heavy atom. The first-order valence-electron chi connectivity index (χ1n) is 8.39. The van der Waals surface area contributed by atoms with Crippen LogP contribution < -0.4 is 4.90 Å². The van der Waals surface area contributed by atoms with Crippen molar-refractivity contribution >= 4 is 34.2 Å². The second-order valence-corrected chi connectivity index (χ2v) is 7.00. The van der Waals surface area contributed by atoms with Gasteiger partial charge in [-0.1, -0.05) is 11.6 Å². The normalized spacial score (nSPS) is 16.5. The number of halogens is 1. The second kappa shape index (κ2) is 6.89. The van der Waals surface area contributed by atoms with E-state index in [0.717, 1.165) is 16.6 Å². The zero-order valence-electron chi connectivity index (χ0n) is 14.4. The van der Waals surface area contributed by atoms with E-state index in [9.17, 15) is 10.1 Å².